The zero-order valence-corrected chi connectivity index (χ0v) is 23.5. The van der Waals surface area contributed by atoms with Gasteiger partial charge in [-0.05, 0) is 51.0 Å². The second-order valence-corrected chi connectivity index (χ2v) is 12.2. The van der Waals surface area contributed by atoms with E-state index in [1.807, 2.05) is 0 Å². The van der Waals surface area contributed by atoms with E-state index in [0.717, 1.165) is 16.6 Å². The normalized spacial score (nSPS) is 12.5. The van der Waals surface area contributed by atoms with E-state index >= 15 is 0 Å². The molecule has 13 heteroatoms. The van der Waals surface area contributed by atoms with Crippen molar-refractivity contribution >= 4 is 56.4 Å². The second-order valence-electron chi connectivity index (χ2n) is 9.48. The van der Waals surface area contributed by atoms with E-state index in [0.29, 0.717) is 10.6 Å². The molecule has 2 rings (SSSR count). The summed E-state index contributed by atoms with van der Waals surface area (Å²) in [6, 6.07) is 8.80. The number of rotatable bonds is 10. The van der Waals surface area contributed by atoms with Gasteiger partial charge in [0.2, 0.25) is 21.8 Å². The molecule has 0 aliphatic heterocycles. The third kappa shape index (κ3) is 8.58. The summed E-state index contributed by atoms with van der Waals surface area (Å²) in [5.41, 5.74) is -0.384. The molecule has 10 nitrogen and oxygen atoms in total. The van der Waals surface area contributed by atoms with E-state index in [1.54, 1.807) is 45.9 Å². The average molecular weight is 573 g/mol. The molecule has 1 atom stereocenters. The highest BCUT2D eigenvalue weighted by Gasteiger charge is 2.33. The predicted octanol–water partition coefficient (Wildman–Crippen LogP) is 4.39. The van der Waals surface area contributed by atoms with Gasteiger partial charge in [0.1, 0.15) is 12.6 Å². The van der Waals surface area contributed by atoms with Crippen LogP contribution in [0.1, 0.15) is 39.7 Å². The molecule has 0 heterocycles. The molecule has 0 saturated carbocycles. The number of sulfonamides is 1. The van der Waals surface area contributed by atoms with Gasteiger partial charge in [-0.1, -0.05) is 42.3 Å². The number of hydrogen-bond donors (Lipinski definition) is 1. The molecule has 0 aliphatic rings. The molecule has 0 spiro atoms. The third-order valence-corrected chi connectivity index (χ3v) is 7.11. The molecular formula is C24H30Cl2N4O6S. The average Bonchev–Trinajstić information content (AvgIpc) is 2.77. The Labute approximate surface area is 226 Å². The molecule has 2 aromatic carbocycles. The van der Waals surface area contributed by atoms with Crippen molar-refractivity contribution in [2.45, 2.75) is 52.2 Å². The molecule has 0 saturated heterocycles. The van der Waals surface area contributed by atoms with Crippen LogP contribution in [0.15, 0.2) is 42.5 Å². The van der Waals surface area contributed by atoms with E-state index in [1.165, 1.54) is 23.1 Å². The molecule has 1 N–H and O–H groups in total. The van der Waals surface area contributed by atoms with Crippen LogP contribution in [0.3, 0.4) is 0 Å². The van der Waals surface area contributed by atoms with Crippen molar-refractivity contribution in [3.63, 3.8) is 0 Å². The Balaban J connectivity index is 2.52. The molecule has 0 bridgehead atoms. The van der Waals surface area contributed by atoms with Gasteiger partial charge in [-0.2, -0.15) is 0 Å². The Bertz CT molecular complexity index is 1280. The first kappa shape index (κ1) is 30.3. The first-order valence-electron chi connectivity index (χ1n) is 11.3. The van der Waals surface area contributed by atoms with Gasteiger partial charge in [-0.25, -0.2) is 8.42 Å². The molecule has 37 heavy (non-hydrogen) atoms. The number of carbonyl (C=O) groups excluding carboxylic acids is 2. The number of amides is 2. The van der Waals surface area contributed by atoms with Crippen molar-refractivity contribution in [3.05, 3.63) is 68.2 Å². The van der Waals surface area contributed by atoms with E-state index in [-0.39, 0.29) is 29.4 Å². The quantitative estimate of drug-likeness (QED) is 0.332. The van der Waals surface area contributed by atoms with Gasteiger partial charge < -0.3 is 10.2 Å². The lowest BCUT2D eigenvalue weighted by Crippen LogP contribution is -2.55. The SMILES string of the molecule is CCC(C(=O)NC(C)(C)C)N(Cc1ccc(Cl)c(Cl)c1)C(=O)CN(c1cccc([N+](=O)[O-])c1)S(C)(=O)=O. The molecule has 202 valence electrons. The summed E-state index contributed by atoms with van der Waals surface area (Å²) in [6.45, 7) is 6.40. The largest absolute Gasteiger partial charge is 0.350 e. The molecule has 1 unspecified atom stereocenters. The molecule has 0 radical (unpaired) electrons. The number of nitro benzene ring substituents is 1. The van der Waals surface area contributed by atoms with Crippen LogP contribution in [0.5, 0.6) is 0 Å². The van der Waals surface area contributed by atoms with Gasteiger partial charge in [-0.15, -0.1) is 0 Å². The van der Waals surface area contributed by atoms with Crippen molar-refractivity contribution in [2.75, 3.05) is 17.1 Å². The number of benzene rings is 2. The molecule has 2 amide bonds. The Hall–Kier alpha value is -2.89. The minimum absolute atomic E-state index is 0.0493. The number of carbonyl (C=O) groups is 2. The molecular weight excluding hydrogens is 543 g/mol. The van der Waals surface area contributed by atoms with Crippen LogP contribution in [0, 0.1) is 10.1 Å². The highest BCUT2D eigenvalue weighted by molar-refractivity contribution is 7.92. The lowest BCUT2D eigenvalue weighted by atomic mass is 10.1. The predicted molar refractivity (Wildman–Crippen MR) is 144 cm³/mol. The minimum atomic E-state index is -4.03. The third-order valence-electron chi connectivity index (χ3n) is 5.23. The van der Waals surface area contributed by atoms with E-state index < -0.39 is 44.9 Å². The number of nitrogens with one attached hydrogen (secondary N) is 1. The summed E-state index contributed by atoms with van der Waals surface area (Å²) in [6.07, 6.45) is 1.14. The highest BCUT2D eigenvalue weighted by Crippen LogP contribution is 2.26. The van der Waals surface area contributed by atoms with Crippen LogP contribution in [-0.2, 0) is 26.2 Å². The standard InChI is InChI=1S/C24H30Cl2N4O6S/c1-6-21(23(32)27-24(2,3)4)28(14-16-10-11-19(25)20(26)12-16)22(31)15-29(37(5,35)36)17-8-7-9-18(13-17)30(33)34/h7-13,21H,6,14-15H2,1-5H3,(H,27,32). The Kier molecular flexibility index (Phi) is 9.92. The molecule has 2 aromatic rings. The van der Waals surface area contributed by atoms with Gasteiger partial charge >= 0.3 is 0 Å². The summed E-state index contributed by atoms with van der Waals surface area (Å²) >= 11 is 12.2. The van der Waals surface area contributed by atoms with Crippen molar-refractivity contribution in [1.29, 1.82) is 0 Å². The van der Waals surface area contributed by atoms with Crippen molar-refractivity contribution in [2.24, 2.45) is 0 Å². The topological polar surface area (TPSA) is 130 Å². The summed E-state index contributed by atoms with van der Waals surface area (Å²) in [7, 11) is -4.03. The van der Waals surface area contributed by atoms with E-state index in [2.05, 4.69) is 5.32 Å². The van der Waals surface area contributed by atoms with Gasteiger partial charge in [0.05, 0.1) is 26.9 Å². The number of hydrogen-bond acceptors (Lipinski definition) is 6. The van der Waals surface area contributed by atoms with Gasteiger partial charge in [-0.3, -0.25) is 24.0 Å². The van der Waals surface area contributed by atoms with Crippen molar-refractivity contribution < 1.29 is 22.9 Å². The summed E-state index contributed by atoms with van der Waals surface area (Å²) in [5.74, 6) is -1.09. The minimum Gasteiger partial charge on any atom is -0.350 e. The maximum Gasteiger partial charge on any atom is 0.271 e. The maximum atomic E-state index is 13.7. The Morgan fingerprint density at radius 3 is 2.27 bits per heavy atom. The molecule has 0 fully saturated rings. The fourth-order valence-electron chi connectivity index (χ4n) is 3.58. The van der Waals surface area contributed by atoms with Crippen LogP contribution < -0.4 is 9.62 Å². The maximum absolute atomic E-state index is 13.7. The highest BCUT2D eigenvalue weighted by atomic mass is 35.5. The van der Waals surface area contributed by atoms with Crippen molar-refractivity contribution in [1.82, 2.24) is 10.2 Å². The zero-order chi connectivity index (χ0) is 28.1. The number of nitrogens with zero attached hydrogens (tertiary/aromatic N) is 3. The smallest absolute Gasteiger partial charge is 0.271 e. The van der Waals surface area contributed by atoms with Crippen LogP contribution in [0.4, 0.5) is 11.4 Å². The zero-order valence-electron chi connectivity index (χ0n) is 21.2. The Morgan fingerprint density at radius 2 is 1.76 bits per heavy atom. The molecule has 0 aromatic heterocycles. The summed E-state index contributed by atoms with van der Waals surface area (Å²) in [5, 5.41) is 14.7. The number of anilines is 1. The Morgan fingerprint density at radius 1 is 1.11 bits per heavy atom. The number of nitro groups is 1. The molecule has 0 aliphatic carbocycles. The fraction of sp³-hybridized carbons (Fsp3) is 0.417. The van der Waals surface area contributed by atoms with Crippen LogP contribution >= 0.6 is 23.2 Å². The fourth-order valence-corrected chi connectivity index (χ4v) is 4.74. The lowest BCUT2D eigenvalue weighted by Gasteiger charge is -2.34. The van der Waals surface area contributed by atoms with E-state index in [4.69, 9.17) is 23.2 Å². The van der Waals surface area contributed by atoms with Crippen LogP contribution in [0.2, 0.25) is 10.0 Å². The summed E-state index contributed by atoms with van der Waals surface area (Å²) < 4.78 is 26.1. The number of non-ortho nitro benzene ring substituents is 1. The number of halogens is 2. The van der Waals surface area contributed by atoms with Crippen LogP contribution in [0.25, 0.3) is 0 Å². The summed E-state index contributed by atoms with van der Waals surface area (Å²) in [4.78, 5) is 38.7. The van der Waals surface area contributed by atoms with Gasteiger partial charge in [0.25, 0.3) is 5.69 Å². The first-order chi connectivity index (χ1) is 17.0. The van der Waals surface area contributed by atoms with Gasteiger partial charge in [0, 0.05) is 24.2 Å². The van der Waals surface area contributed by atoms with Gasteiger partial charge in [0.15, 0.2) is 0 Å². The lowest BCUT2D eigenvalue weighted by molar-refractivity contribution is -0.384. The van der Waals surface area contributed by atoms with Crippen molar-refractivity contribution in [3.8, 4) is 0 Å². The monoisotopic (exact) mass is 572 g/mol. The second kappa shape index (κ2) is 12.1. The first-order valence-corrected chi connectivity index (χ1v) is 13.9. The van der Waals surface area contributed by atoms with Crippen LogP contribution in [-0.4, -0.2) is 54.4 Å². The van der Waals surface area contributed by atoms with E-state index in [9.17, 15) is 28.1 Å².